The Bertz CT molecular complexity index is 453. The highest BCUT2D eigenvalue weighted by atomic mass is 28.4. The molecule has 1 atom stereocenters. The lowest BCUT2D eigenvalue weighted by atomic mass is 10.2. The van der Waals surface area contributed by atoms with Gasteiger partial charge in [0.1, 0.15) is 0 Å². The van der Waals surface area contributed by atoms with Gasteiger partial charge in [0.15, 0.2) is 0 Å². The fourth-order valence-electron chi connectivity index (χ4n) is 3.44. The Morgan fingerprint density at radius 2 is 1.09 bits per heavy atom. The fourth-order valence-corrected chi connectivity index (χ4v) is 8.63. The molecule has 0 saturated carbocycles. The van der Waals surface area contributed by atoms with Crippen molar-refractivity contribution in [3.8, 4) is 0 Å². The first kappa shape index (κ1) is 32.6. The molecule has 0 aromatic rings. The Balaban J connectivity index is 4.29. The first-order chi connectivity index (χ1) is 15.9. The zero-order valence-corrected chi connectivity index (χ0v) is 24.0. The second kappa shape index (κ2) is 19.9. The smallest absolute Gasteiger partial charge is 0.465 e. The number of rotatable bonds is 23. The minimum absolute atomic E-state index is 0.208. The second-order valence-electron chi connectivity index (χ2n) is 7.44. The highest BCUT2D eigenvalue weighted by Crippen LogP contribution is 2.19. The molecule has 0 heterocycles. The van der Waals surface area contributed by atoms with E-state index in [1.807, 2.05) is 48.5 Å². The van der Waals surface area contributed by atoms with Crippen LogP contribution >= 0.6 is 0 Å². The zero-order chi connectivity index (χ0) is 25.0. The van der Waals surface area contributed by atoms with Crippen LogP contribution < -0.4 is 5.32 Å². The van der Waals surface area contributed by atoms with Gasteiger partial charge in [-0.25, -0.2) is 0 Å². The predicted molar refractivity (Wildman–Crippen MR) is 133 cm³/mol. The maximum absolute atomic E-state index is 12.3. The molecule has 0 fully saturated rings. The van der Waals surface area contributed by atoms with Crippen LogP contribution in [0.5, 0.6) is 0 Å². The average Bonchev–Trinajstić information content (AvgIpc) is 2.77. The molecular formula is C22H49NO8Si2. The van der Waals surface area contributed by atoms with Crippen molar-refractivity contribution < 1.29 is 36.1 Å². The van der Waals surface area contributed by atoms with Crippen LogP contribution in [0, 0.1) is 5.92 Å². The van der Waals surface area contributed by atoms with E-state index < -0.39 is 17.6 Å². The lowest BCUT2D eigenvalue weighted by Crippen LogP contribution is -2.46. The van der Waals surface area contributed by atoms with Gasteiger partial charge in [0.2, 0.25) is 0 Å². The van der Waals surface area contributed by atoms with E-state index in [2.05, 4.69) is 5.32 Å². The topological polar surface area (TPSA) is 93.7 Å². The van der Waals surface area contributed by atoms with Gasteiger partial charge in [-0.3, -0.25) is 4.79 Å². The predicted octanol–water partition coefficient (Wildman–Crippen LogP) is 3.63. The Hall–Kier alpha value is -0.376. The van der Waals surface area contributed by atoms with Gasteiger partial charge in [0, 0.05) is 58.3 Å². The van der Waals surface area contributed by atoms with Gasteiger partial charge in [0.05, 0.1) is 12.5 Å². The van der Waals surface area contributed by atoms with Crippen LogP contribution in [0.2, 0.25) is 12.1 Å². The van der Waals surface area contributed by atoms with Crippen molar-refractivity contribution in [3.05, 3.63) is 0 Å². The molecule has 0 aromatic carbocycles. The molecule has 9 nitrogen and oxygen atoms in total. The maximum Gasteiger partial charge on any atom is 0.501 e. The third kappa shape index (κ3) is 13.9. The molecule has 0 aromatic heterocycles. The van der Waals surface area contributed by atoms with Gasteiger partial charge >= 0.3 is 23.6 Å². The summed E-state index contributed by atoms with van der Waals surface area (Å²) in [4.78, 5) is 12.3. The number of esters is 1. The van der Waals surface area contributed by atoms with Gasteiger partial charge in [-0.15, -0.1) is 0 Å². The molecule has 1 unspecified atom stereocenters. The summed E-state index contributed by atoms with van der Waals surface area (Å²) in [6.07, 6.45) is 1.50. The zero-order valence-electron chi connectivity index (χ0n) is 22.0. The van der Waals surface area contributed by atoms with Gasteiger partial charge in [-0.05, 0) is 60.9 Å². The van der Waals surface area contributed by atoms with Crippen LogP contribution in [0.1, 0.15) is 61.3 Å². The molecule has 198 valence electrons. The summed E-state index contributed by atoms with van der Waals surface area (Å²) >= 11 is 0. The van der Waals surface area contributed by atoms with Crippen LogP contribution in [-0.2, 0) is 36.1 Å². The van der Waals surface area contributed by atoms with Gasteiger partial charge in [-0.2, -0.15) is 0 Å². The molecule has 0 aliphatic rings. The van der Waals surface area contributed by atoms with Crippen molar-refractivity contribution in [3.63, 3.8) is 0 Å². The average molecular weight is 512 g/mol. The van der Waals surface area contributed by atoms with Gasteiger partial charge < -0.3 is 36.6 Å². The molecule has 0 amide bonds. The SMILES string of the molecule is CCO[Si](CCCNCC(C)C(=O)OCCC[Si](OCC)(OCC)OCC)(OCC)OCC. The lowest BCUT2D eigenvalue weighted by molar-refractivity contribution is -0.147. The molecule has 0 radical (unpaired) electrons. The van der Waals surface area contributed by atoms with E-state index in [9.17, 15) is 4.79 Å². The van der Waals surface area contributed by atoms with Crippen LogP contribution in [0.25, 0.3) is 0 Å². The molecule has 0 rings (SSSR count). The number of nitrogens with one attached hydrogen (secondary N) is 1. The van der Waals surface area contributed by atoms with E-state index in [1.165, 1.54) is 0 Å². The largest absolute Gasteiger partial charge is 0.501 e. The fraction of sp³-hybridized carbons (Fsp3) is 0.955. The maximum atomic E-state index is 12.3. The summed E-state index contributed by atoms with van der Waals surface area (Å²) in [5, 5.41) is 3.33. The Labute approximate surface area is 203 Å². The molecule has 0 saturated heterocycles. The number of carbonyl (C=O) groups excluding carboxylic acids is 1. The molecule has 0 aliphatic heterocycles. The highest BCUT2D eigenvalue weighted by molar-refractivity contribution is 6.61. The quantitative estimate of drug-likeness (QED) is 0.125. The van der Waals surface area contributed by atoms with Crippen molar-refractivity contribution >= 4 is 23.6 Å². The van der Waals surface area contributed by atoms with Gasteiger partial charge in [-0.1, -0.05) is 6.92 Å². The normalized spacial score (nSPS) is 13.3. The first-order valence-corrected chi connectivity index (χ1v) is 16.4. The summed E-state index contributed by atoms with van der Waals surface area (Å²) in [6.45, 7) is 18.5. The first-order valence-electron chi connectivity index (χ1n) is 12.6. The molecule has 33 heavy (non-hydrogen) atoms. The van der Waals surface area contributed by atoms with Crippen molar-refractivity contribution in [2.45, 2.75) is 73.4 Å². The van der Waals surface area contributed by atoms with Crippen LogP contribution in [0.15, 0.2) is 0 Å². The van der Waals surface area contributed by atoms with E-state index in [1.54, 1.807) is 0 Å². The van der Waals surface area contributed by atoms with Crippen LogP contribution in [0.4, 0.5) is 0 Å². The second-order valence-corrected chi connectivity index (χ2v) is 12.9. The van der Waals surface area contributed by atoms with E-state index in [0.29, 0.717) is 65.3 Å². The summed E-state index contributed by atoms with van der Waals surface area (Å²) in [6, 6.07) is 1.38. The Morgan fingerprint density at radius 1 is 0.697 bits per heavy atom. The number of hydrogen-bond acceptors (Lipinski definition) is 9. The van der Waals surface area contributed by atoms with E-state index >= 15 is 0 Å². The minimum atomic E-state index is -2.69. The Kier molecular flexibility index (Phi) is 19.7. The molecule has 0 aliphatic carbocycles. The highest BCUT2D eigenvalue weighted by Gasteiger charge is 2.40. The number of ether oxygens (including phenoxy) is 1. The van der Waals surface area contributed by atoms with E-state index in [0.717, 1.165) is 19.0 Å². The van der Waals surface area contributed by atoms with Crippen LogP contribution in [0.3, 0.4) is 0 Å². The minimum Gasteiger partial charge on any atom is -0.465 e. The van der Waals surface area contributed by atoms with Crippen molar-refractivity contribution in [2.24, 2.45) is 5.92 Å². The summed E-state index contributed by atoms with van der Waals surface area (Å²) in [7, 11) is -5.30. The molecular weight excluding hydrogens is 462 g/mol. The standard InChI is InChI=1S/C22H49NO8Si2/c1-8-26-32(27-9-2,28-10-3)18-14-16-23-20-21(7)22(24)25-17-15-19-33(29-11-4,30-12-5)31-13-6/h21,23H,8-20H2,1-7H3. The third-order valence-electron chi connectivity index (χ3n) is 4.75. The molecule has 0 bridgehead atoms. The van der Waals surface area contributed by atoms with Crippen molar-refractivity contribution in [2.75, 3.05) is 59.3 Å². The summed E-state index contributed by atoms with van der Waals surface area (Å²) < 4.78 is 40.6. The lowest BCUT2D eigenvalue weighted by Gasteiger charge is -2.28. The monoisotopic (exact) mass is 511 g/mol. The Morgan fingerprint density at radius 3 is 1.48 bits per heavy atom. The molecule has 0 spiro atoms. The van der Waals surface area contributed by atoms with Crippen molar-refractivity contribution in [1.82, 2.24) is 5.32 Å². The third-order valence-corrected chi connectivity index (χ3v) is 11.0. The van der Waals surface area contributed by atoms with Crippen LogP contribution in [-0.4, -0.2) is 82.9 Å². The van der Waals surface area contributed by atoms with E-state index in [-0.39, 0.29) is 11.9 Å². The summed E-state index contributed by atoms with van der Waals surface area (Å²) in [5.41, 5.74) is 0. The van der Waals surface area contributed by atoms with Gasteiger partial charge in [0.25, 0.3) is 0 Å². The summed E-state index contributed by atoms with van der Waals surface area (Å²) in [5.74, 6) is -0.439. The molecule has 11 heteroatoms. The number of carbonyl (C=O) groups is 1. The number of hydrogen-bond donors (Lipinski definition) is 1. The molecule has 1 N–H and O–H groups in total. The van der Waals surface area contributed by atoms with E-state index in [4.69, 9.17) is 31.3 Å². The van der Waals surface area contributed by atoms with Crippen molar-refractivity contribution in [1.29, 1.82) is 0 Å².